The Morgan fingerprint density at radius 2 is 1.85 bits per heavy atom. The Morgan fingerprint density at radius 1 is 1.15 bits per heavy atom. The van der Waals surface area contributed by atoms with Gasteiger partial charge < -0.3 is 15.4 Å². The normalized spacial score (nSPS) is 15.6. The van der Waals surface area contributed by atoms with Gasteiger partial charge >= 0.3 is 5.97 Å². The number of thioether (sulfide) groups is 1. The van der Waals surface area contributed by atoms with Crippen LogP contribution in [-0.2, 0) is 4.79 Å². The number of hydrogen-bond donors (Lipinski definition) is 2. The topological polar surface area (TPSA) is 84.5 Å². The molecule has 26 heavy (non-hydrogen) atoms. The standard InChI is InChI=1S/C19H18N2O4S/c1-3-20-18(23)12-4-7-14(8-5-12)25-19(24)13-6-9-16-15(10-13)21-17(22)11(2)26-16/h4-11H,3H2,1-2H3,(H,20,23)(H,21,22)/t11-/m1/s1. The molecule has 0 unspecified atom stereocenters. The Hall–Kier alpha value is -2.80. The fourth-order valence-corrected chi connectivity index (χ4v) is 3.37. The van der Waals surface area contributed by atoms with Gasteiger partial charge in [-0.25, -0.2) is 4.79 Å². The van der Waals surface area contributed by atoms with Crippen LogP contribution in [0.3, 0.4) is 0 Å². The van der Waals surface area contributed by atoms with Gasteiger partial charge in [-0.05, 0) is 56.3 Å². The smallest absolute Gasteiger partial charge is 0.343 e. The van der Waals surface area contributed by atoms with Crippen molar-refractivity contribution in [1.29, 1.82) is 0 Å². The third-order valence-corrected chi connectivity index (χ3v) is 4.99. The summed E-state index contributed by atoms with van der Waals surface area (Å²) in [5, 5.41) is 5.33. The van der Waals surface area contributed by atoms with Gasteiger partial charge in [0.2, 0.25) is 5.91 Å². The van der Waals surface area contributed by atoms with Crippen molar-refractivity contribution in [2.24, 2.45) is 0 Å². The molecule has 2 aromatic carbocycles. The van der Waals surface area contributed by atoms with Crippen LogP contribution in [0.25, 0.3) is 0 Å². The van der Waals surface area contributed by atoms with E-state index in [1.54, 1.807) is 42.5 Å². The zero-order valence-electron chi connectivity index (χ0n) is 14.4. The molecule has 0 saturated heterocycles. The SMILES string of the molecule is CCNC(=O)c1ccc(OC(=O)c2ccc3c(c2)NC(=O)[C@@H](C)S3)cc1. The van der Waals surface area contributed by atoms with Gasteiger partial charge in [-0.1, -0.05) is 0 Å². The maximum Gasteiger partial charge on any atom is 0.343 e. The number of nitrogens with one attached hydrogen (secondary N) is 2. The Kier molecular flexibility index (Phi) is 5.27. The summed E-state index contributed by atoms with van der Waals surface area (Å²) >= 11 is 1.45. The number of ether oxygens (including phenoxy) is 1. The summed E-state index contributed by atoms with van der Waals surface area (Å²) in [5.74, 6) is -0.458. The average Bonchev–Trinajstić information content (AvgIpc) is 2.63. The van der Waals surface area contributed by atoms with Crippen LogP contribution in [0.1, 0.15) is 34.6 Å². The van der Waals surface area contributed by atoms with Gasteiger partial charge in [0, 0.05) is 17.0 Å². The Bertz CT molecular complexity index is 864. The molecule has 1 heterocycles. The Labute approximate surface area is 155 Å². The third kappa shape index (κ3) is 3.88. The maximum atomic E-state index is 12.3. The van der Waals surface area contributed by atoms with Gasteiger partial charge in [-0.3, -0.25) is 9.59 Å². The molecular weight excluding hydrogens is 352 g/mol. The first-order valence-electron chi connectivity index (χ1n) is 8.20. The molecule has 0 fully saturated rings. The van der Waals surface area contributed by atoms with Crippen molar-refractivity contribution in [3.63, 3.8) is 0 Å². The highest BCUT2D eigenvalue weighted by molar-refractivity contribution is 8.00. The van der Waals surface area contributed by atoms with E-state index in [1.165, 1.54) is 11.8 Å². The molecular formula is C19H18N2O4S. The second-order valence-electron chi connectivity index (χ2n) is 5.73. The molecule has 2 aromatic rings. The van der Waals surface area contributed by atoms with Gasteiger partial charge in [0.15, 0.2) is 0 Å². The number of amides is 2. The molecule has 0 spiro atoms. The summed E-state index contributed by atoms with van der Waals surface area (Å²) in [7, 11) is 0. The van der Waals surface area contributed by atoms with Crippen LogP contribution in [0.4, 0.5) is 5.69 Å². The number of rotatable bonds is 4. The van der Waals surface area contributed by atoms with Gasteiger partial charge in [-0.15, -0.1) is 11.8 Å². The fraction of sp³-hybridized carbons (Fsp3) is 0.211. The minimum atomic E-state index is -0.531. The van der Waals surface area contributed by atoms with E-state index >= 15 is 0 Å². The summed E-state index contributed by atoms with van der Waals surface area (Å²) in [5.41, 5.74) is 1.44. The molecule has 3 rings (SSSR count). The zero-order valence-corrected chi connectivity index (χ0v) is 15.2. The molecule has 134 valence electrons. The lowest BCUT2D eigenvalue weighted by Gasteiger charge is -2.21. The summed E-state index contributed by atoms with van der Waals surface area (Å²) in [4.78, 5) is 36.8. The minimum absolute atomic E-state index is 0.0889. The van der Waals surface area contributed by atoms with E-state index in [2.05, 4.69) is 10.6 Å². The van der Waals surface area contributed by atoms with E-state index < -0.39 is 5.97 Å². The molecule has 0 saturated carbocycles. The first-order chi connectivity index (χ1) is 12.5. The van der Waals surface area contributed by atoms with Crippen molar-refractivity contribution in [3.8, 4) is 5.75 Å². The van der Waals surface area contributed by atoms with E-state index in [0.717, 1.165) is 4.90 Å². The number of hydrogen-bond acceptors (Lipinski definition) is 5. The van der Waals surface area contributed by atoms with E-state index in [0.29, 0.717) is 29.1 Å². The number of esters is 1. The maximum absolute atomic E-state index is 12.3. The number of benzene rings is 2. The number of carbonyl (C=O) groups is 3. The van der Waals surface area contributed by atoms with Crippen LogP contribution in [-0.4, -0.2) is 29.6 Å². The molecule has 0 radical (unpaired) electrons. The van der Waals surface area contributed by atoms with Crippen molar-refractivity contribution in [2.45, 2.75) is 24.0 Å². The molecule has 7 heteroatoms. The van der Waals surface area contributed by atoms with Crippen molar-refractivity contribution in [2.75, 3.05) is 11.9 Å². The quantitative estimate of drug-likeness (QED) is 0.638. The minimum Gasteiger partial charge on any atom is -0.423 e. The van der Waals surface area contributed by atoms with Crippen LogP contribution >= 0.6 is 11.8 Å². The van der Waals surface area contributed by atoms with Gasteiger partial charge in [-0.2, -0.15) is 0 Å². The molecule has 0 bridgehead atoms. The monoisotopic (exact) mass is 370 g/mol. The van der Waals surface area contributed by atoms with Crippen LogP contribution in [0.2, 0.25) is 0 Å². The highest BCUT2D eigenvalue weighted by atomic mass is 32.2. The predicted molar refractivity (Wildman–Crippen MR) is 99.8 cm³/mol. The molecule has 6 nitrogen and oxygen atoms in total. The molecule has 2 amide bonds. The third-order valence-electron chi connectivity index (χ3n) is 3.81. The largest absolute Gasteiger partial charge is 0.423 e. The first-order valence-corrected chi connectivity index (χ1v) is 9.08. The number of fused-ring (bicyclic) bond motifs is 1. The second-order valence-corrected chi connectivity index (χ2v) is 7.12. The molecule has 0 aliphatic carbocycles. The molecule has 1 atom stereocenters. The van der Waals surface area contributed by atoms with Crippen molar-refractivity contribution < 1.29 is 19.1 Å². The van der Waals surface area contributed by atoms with Crippen molar-refractivity contribution >= 4 is 35.2 Å². The van der Waals surface area contributed by atoms with Gasteiger partial charge in [0.05, 0.1) is 16.5 Å². The predicted octanol–water partition coefficient (Wildman–Crippen LogP) is 3.09. The molecule has 1 aliphatic rings. The van der Waals surface area contributed by atoms with Crippen LogP contribution in [0.5, 0.6) is 5.75 Å². The zero-order chi connectivity index (χ0) is 18.7. The second kappa shape index (κ2) is 7.61. The Balaban J connectivity index is 1.71. The van der Waals surface area contributed by atoms with E-state index in [1.807, 2.05) is 13.8 Å². The van der Waals surface area contributed by atoms with Crippen molar-refractivity contribution in [1.82, 2.24) is 5.32 Å². The lowest BCUT2D eigenvalue weighted by atomic mass is 10.2. The summed E-state index contributed by atoms with van der Waals surface area (Å²) in [6.07, 6.45) is 0. The molecule has 0 aromatic heterocycles. The molecule has 2 N–H and O–H groups in total. The molecule has 1 aliphatic heterocycles. The highest BCUT2D eigenvalue weighted by Crippen LogP contribution is 2.36. The fourth-order valence-electron chi connectivity index (χ4n) is 2.44. The summed E-state index contributed by atoms with van der Waals surface area (Å²) < 4.78 is 5.34. The van der Waals surface area contributed by atoms with Crippen LogP contribution in [0, 0.1) is 0 Å². The lowest BCUT2D eigenvalue weighted by Crippen LogP contribution is -2.26. The van der Waals surface area contributed by atoms with E-state index in [4.69, 9.17) is 4.74 Å². The summed E-state index contributed by atoms with van der Waals surface area (Å²) in [6, 6.07) is 11.4. The average molecular weight is 370 g/mol. The highest BCUT2D eigenvalue weighted by Gasteiger charge is 2.24. The summed E-state index contributed by atoms with van der Waals surface area (Å²) in [6.45, 7) is 4.21. The van der Waals surface area contributed by atoms with Gasteiger partial charge in [0.25, 0.3) is 5.91 Å². The van der Waals surface area contributed by atoms with E-state index in [9.17, 15) is 14.4 Å². The van der Waals surface area contributed by atoms with Crippen molar-refractivity contribution in [3.05, 3.63) is 53.6 Å². The van der Waals surface area contributed by atoms with Crippen LogP contribution < -0.4 is 15.4 Å². The first kappa shape index (κ1) is 18.0. The number of carbonyl (C=O) groups excluding carboxylic acids is 3. The number of anilines is 1. The van der Waals surface area contributed by atoms with Crippen LogP contribution in [0.15, 0.2) is 47.4 Å². The van der Waals surface area contributed by atoms with E-state index in [-0.39, 0.29) is 17.1 Å². The van der Waals surface area contributed by atoms with Gasteiger partial charge in [0.1, 0.15) is 5.75 Å². The Morgan fingerprint density at radius 3 is 2.54 bits per heavy atom. The lowest BCUT2D eigenvalue weighted by molar-refractivity contribution is -0.115.